The molecule has 7 nitrogen and oxygen atoms in total. The Labute approximate surface area is 163 Å². The molecular weight excluding hydrogens is 397 g/mol. The monoisotopic (exact) mass is 414 g/mol. The molecule has 11 heteroatoms. The summed E-state index contributed by atoms with van der Waals surface area (Å²) in [6.45, 7) is 4.98. The number of fused-ring (bicyclic) bond motifs is 1. The van der Waals surface area contributed by atoms with Gasteiger partial charge in [0, 0.05) is 23.3 Å². The predicted octanol–water partition coefficient (Wildman–Crippen LogP) is 3.29. The Balaban J connectivity index is 2.18. The van der Waals surface area contributed by atoms with Crippen molar-refractivity contribution in [2.24, 2.45) is 9.98 Å². The number of nitrogens with one attached hydrogen (secondary N) is 3. The molecule has 0 aliphatic carbocycles. The van der Waals surface area contributed by atoms with Gasteiger partial charge in [0.1, 0.15) is 18.2 Å². The number of pyridine rings is 1. The first-order valence-electron chi connectivity index (χ1n) is 8.05. The number of H-pyrrole nitrogens is 1. The Kier molecular flexibility index (Phi) is 6.79. The molecule has 0 saturated carbocycles. The van der Waals surface area contributed by atoms with E-state index >= 15 is 0 Å². The SMILES string of the molecule is C=N/C=C(\NC(C)=NC(C)C(=O)NCC(F)(F)F)c1c[nH]c2ncc(Cl)cc12. The second-order valence-corrected chi connectivity index (χ2v) is 6.26. The minimum absolute atomic E-state index is 0.300. The van der Waals surface area contributed by atoms with Crippen LogP contribution in [0.2, 0.25) is 5.02 Å². The standard InChI is InChI=1S/C17H18ClF3N6O/c1-9(16(28)25-8-17(19,20)21)26-10(2)27-14(7-22-3)13-6-24-15-12(13)4-11(18)5-23-15/h4-7,9H,3,8H2,1-2H3,(H,23,24)(H,25,28)(H,26,27)/b14-7-. The topological polar surface area (TPSA) is 94.5 Å². The lowest BCUT2D eigenvalue weighted by atomic mass is 10.1. The number of hydrogen-bond acceptors (Lipinski definition) is 4. The third kappa shape index (κ3) is 5.81. The summed E-state index contributed by atoms with van der Waals surface area (Å²) >= 11 is 6.00. The molecule has 0 spiro atoms. The average molecular weight is 415 g/mol. The number of carbonyl (C=O) groups is 1. The highest BCUT2D eigenvalue weighted by Gasteiger charge is 2.28. The summed E-state index contributed by atoms with van der Waals surface area (Å²) < 4.78 is 36.6. The van der Waals surface area contributed by atoms with Crippen molar-refractivity contribution < 1.29 is 18.0 Å². The molecule has 2 aromatic rings. The Morgan fingerprint density at radius 2 is 2.21 bits per heavy atom. The van der Waals surface area contributed by atoms with Gasteiger partial charge in [-0.25, -0.2) is 4.98 Å². The van der Waals surface area contributed by atoms with Crippen LogP contribution in [0.3, 0.4) is 0 Å². The number of nitrogens with zero attached hydrogens (tertiary/aromatic N) is 3. The van der Waals surface area contributed by atoms with Crippen molar-refractivity contribution in [1.29, 1.82) is 0 Å². The second kappa shape index (κ2) is 8.87. The average Bonchev–Trinajstić information content (AvgIpc) is 3.01. The van der Waals surface area contributed by atoms with Crippen LogP contribution in [0.15, 0.2) is 34.6 Å². The Morgan fingerprint density at radius 1 is 1.50 bits per heavy atom. The van der Waals surface area contributed by atoms with Crippen molar-refractivity contribution in [2.75, 3.05) is 6.54 Å². The third-order valence-electron chi connectivity index (χ3n) is 3.55. The molecule has 1 amide bonds. The zero-order valence-electron chi connectivity index (χ0n) is 15.1. The number of aromatic amines is 1. The first-order chi connectivity index (χ1) is 13.1. The minimum Gasteiger partial charge on any atom is -0.345 e. The molecule has 0 aliphatic heterocycles. The maximum absolute atomic E-state index is 12.2. The maximum atomic E-state index is 12.2. The van der Waals surface area contributed by atoms with E-state index in [0.717, 1.165) is 5.39 Å². The smallest absolute Gasteiger partial charge is 0.345 e. The van der Waals surface area contributed by atoms with Crippen LogP contribution in [0.4, 0.5) is 13.2 Å². The first-order valence-corrected chi connectivity index (χ1v) is 8.43. The molecule has 2 rings (SSSR count). The lowest BCUT2D eigenvalue weighted by Gasteiger charge is -2.13. The van der Waals surface area contributed by atoms with Crippen molar-refractivity contribution in [1.82, 2.24) is 20.6 Å². The van der Waals surface area contributed by atoms with Gasteiger partial charge in [-0.2, -0.15) is 13.2 Å². The number of aromatic nitrogens is 2. The van der Waals surface area contributed by atoms with E-state index in [9.17, 15) is 18.0 Å². The summed E-state index contributed by atoms with van der Waals surface area (Å²) in [5.41, 5.74) is 1.78. The van der Waals surface area contributed by atoms with Gasteiger partial charge in [0.05, 0.1) is 22.8 Å². The van der Waals surface area contributed by atoms with E-state index in [2.05, 4.69) is 32.0 Å². The van der Waals surface area contributed by atoms with Gasteiger partial charge in [-0.05, 0) is 26.6 Å². The molecule has 0 aromatic carbocycles. The minimum atomic E-state index is -4.48. The number of hydrogen-bond donors (Lipinski definition) is 3. The van der Waals surface area contributed by atoms with E-state index in [1.54, 1.807) is 24.5 Å². The van der Waals surface area contributed by atoms with Crippen molar-refractivity contribution in [2.45, 2.75) is 26.1 Å². The van der Waals surface area contributed by atoms with Crippen LogP contribution < -0.4 is 10.6 Å². The van der Waals surface area contributed by atoms with Gasteiger partial charge < -0.3 is 15.6 Å². The van der Waals surface area contributed by atoms with Crippen LogP contribution in [-0.2, 0) is 4.79 Å². The molecule has 1 atom stereocenters. The van der Waals surface area contributed by atoms with E-state index in [0.29, 0.717) is 27.8 Å². The van der Waals surface area contributed by atoms with Gasteiger partial charge in [0.25, 0.3) is 0 Å². The normalized spacial score (nSPS) is 14.1. The third-order valence-corrected chi connectivity index (χ3v) is 3.76. The van der Waals surface area contributed by atoms with Crippen molar-refractivity contribution in [3.8, 4) is 0 Å². The van der Waals surface area contributed by atoms with Crippen LogP contribution in [0.1, 0.15) is 19.4 Å². The number of halogens is 4. The lowest BCUT2D eigenvalue weighted by Crippen LogP contribution is -2.39. The largest absolute Gasteiger partial charge is 0.405 e. The van der Waals surface area contributed by atoms with Crippen LogP contribution in [-0.4, -0.2) is 47.2 Å². The second-order valence-electron chi connectivity index (χ2n) is 5.83. The van der Waals surface area contributed by atoms with E-state index < -0.39 is 24.7 Å². The zero-order valence-corrected chi connectivity index (χ0v) is 15.8. The van der Waals surface area contributed by atoms with Crippen LogP contribution in [0, 0.1) is 0 Å². The van der Waals surface area contributed by atoms with E-state index in [1.807, 2.05) is 0 Å². The summed E-state index contributed by atoms with van der Waals surface area (Å²) in [5.74, 6) is -0.539. The van der Waals surface area contributed by atoms with Crippen molar-refractivity contribution in [3.63, 3.8) is 0 Å². The summed E-state index contributed by atoms with van der Waals surface area (Å²) in [5, 5.41) is 5.93. The van der Waals surface area contributed by atoms with E-state index in [-0.39, 0.29) is 0 Å². The van der Waals surface area contributed by atoms with Crippen molar-refractivity contribution >= 4 is 46.8 Å². The zero-order chi connectivity index (χ0) is 20.9. The van der Waals surface area contributed by atoms with Gasteiger partial charge in [-0.1, -0.05) is 11.6 Å². The Morgan fingerprint density at radius 3 is 2.86 bits per heavy atom. The van der Waals surface area contributed by atoms with E-state index in [4.69, 9.17) is 11.6 Å². The molecule has 2 heterocycles. The number of carbonyl (C=O) groups excluding carboxylic acids is 1. The quantitative estimate of drug-likeness (QED) is 0.500. The van der Waals surface area contributed by atoms with Gasteiger partial charge in [0.15, 0.2) is 0 Å². The first kappa shape index (κ1) is 21.4. The fourth-order valence-corrected chi connectivity index (χ4v) is 2.53. The molecule has 0 fully saturated rings. The summed E-state index contributed by atoms with van der Waals surface area (Å²) in [6.07, 6.45) is 0.144. The highest BCUT2D eigenvalue weighted by atomic mass is 35.5. The fourth-order valence-electron chi connectivity index (χ4n) is 2.37. The van der Waals surface area contributed by atoms with Crippen LogP contribution in [0.25, 0.3) is 16.7 Å². The molecule has 2 aromatic heterocycles. The number of amidine groups is 1. The molecule has 28 heavy (non-hydrogen) atoms. The molecule has 0 aliphatic rings. The highest BCUT2D eigenvalue weighted by molar-refractivity contribution is 6.31. The number of amides is 1. The predicted molar refractivity (Wildman–Crippen MR) is 103 cm³/mol. The summed E-state index contributed by atoms with van der Waals surface area (Å²) in [7, 11) is 0. The van der Waals surface area contributed by atoms with E-state index in [1.165, 1.54) is 19.3 Å². The molecular formula is C17H18ClF3N6O. The Bertz CT molecular complexity index is 935. The molecule has 0 saturated heterocycles. The molecule has 1 unspecified atom stereocenters. The molecule has 3 N–H and O–H groups in total. The van der Waals surface area contributed by atoms with Gasteiger partial charge in [-0.3, -0.25) is 14.8 Å². The maximum Gasteiger partial charge on any atom is 0.405 e. The van der Waals surface area contributed by atoms with Gasteiger partial charge in [-0.15, -0.1) is 0 Å². The number of rotatable bonds is 6. The van der Waals surface area contributed by atoms with Gasteiger partial charge >= 0.3 is 6.18 Å². The number of aliphatic imine (C=N–C) groups is 2. The Hall–Kier alpha value is -2.88. The molecule has 0 radical (unpaired) electrons. The highest BCUT2D eigenvalue weighted by Crippen LogP contribution is 2.25. The lowest BCUT2D eigenvalue weighted by molar-refractivity contribution is -0.138. The number of alkyl halides is 3. The van der Waals surface area contributed by atoms with Crippen LogP contribution >= 0.6 is 11.6 Å². The van der Waals surface area contributed by atoms with Gasteiger partial charge in [0.2, 0.25) is 5.91 Å². The molecule has 0 bridgehead atoms. The molecule has 150 valence electrons. The van der Waals surface area contributed by atoms with Crippen molar-refractivity contribution in [3.05, 3.63) is 35.2 Å². The fraction of sp³-hybridized carbons (Fsp3) is 0.294. The van der Waals surface area contributed by atoms with Crippen LogP contribution in [0.5, 0.6) is 0 Å². The summed E-state index contributed by atoms with van der Waals surface area (Å²) in [4.78, 5) is 26.7. The summed E-state index contributed by atoms with van der Waals surface area (Å²) in [6, 6.07) is 0.695.